The molecule has 2 rings (SSSR count). The molecule has 2 N–H and O–H groups in total. The Morgan fingerprint density at radius 3 is 2.45 bits per heavy atom. The van der Waals surface area contributed by atoms with E-state index in [0.29, 0.717) is 8.95 Å². The molecule has 0 heterocycles. The molecule has 0 aromatic heterocycles. The molecule has 0 bridgehead atoms. The number of phenolic OH excluding ortho intramolecular Hbond substituents is 1. The second kappa shape index (κ2) is 5.93. The molecule has 8 heteroatoms. The van der Waals surface area contributed by atoms with E-state index in [1.807, 2.05) is 0 Å². The third kappa shape index (κ3) is 3.46. The molecule has 0 saturated heterocycles. The number of aromatic hydroxyl groups is 1. The van der Waals surface area contributed by atoms with E-state index in [4.69, 9.17) is 11.6 Å². The molecule has 0 atom stereocenters. The number of nitrogens with one attached hydrogen (secondary N) is 1. The van der Waals surface area contributed by atoms with E-state index in [9.17, 15) is 13.5 Å². The summed E-state index contributed by atoms with van der Waals surface area (Å²) in [5.41, 5.74) is 0.221. The maximum atomic E-state index is 12.3. The van der Waals surface area contributed by atoms with Gasteiger partial charge in [0.25, 0.3) is 10.0 Å². The zero-order valence-electron chi connectivity index (χ0n) is 9.77. The number of hydrogen-bond donors (Lipinski definition) is 2. The molecular weight excluding hydrogens is 433 g/mol. The normalized spacial score (nSPS) is 11.3. The highest BCUT2D eigenvalue weighted by molar-refractivity contribution is 9.11. The monoisotopic (exact) mass is 439 g/mol. The Labute approximate surface area is 138 Å². The maximum Gasteiger partial charge on any atom is 0.263 e. The van der Waals surface area contributed by atoms with Crippen LogP contribution < -0.4 is 4.72 Å². The Kier molecular flexibility index (Phi) is 4.63. The number of benzene rings is 2. The molecule has 2 aromatic carbocycles. The largest absolute Gasteiger partial charge is 0.506 e. The SMILES string of the molecule is O=S(=O)(Nc1ccc(Cl)c(O)c1)c1cc(Br)ccc1Br. The Bertz CT molecular complexity index is 765. The average Bonchev–Trinajstić information content (AvgIpc) is 2.36. The lowest BCUT2D eigenvalue weighted by atomic mass is 10.3. The van der Waals surface area contributed by atoms with Crippen molar-refractivity contribution in [3.8, 4) is 5.75 Å². The van der Waals surface area contributed by atoms with Crippen LogP contribution in [0.1, 0.15) is 0 Å². The summed E-state index contributed by atoms with van der Waals surface area (Å²) in [6.45, 7) is 0. The minimum atomic E-state index is -3.78. The first-order chi connectivity index (χ1) is 9.29. The van der Waals surface area contributed by atoms with E-state index in [1.54, 1.807) is 12.1 Å². The van der Waals surface area contributed by atoms with Crippen molar-refractivity contribution in [2.45, 2.75) is 4.90 Å². The summed E-state index contributed by atoms with van der Waals surface area (Å²) in [6, 6.07) is 8.93. The molecule has 20 heavy (non-hydrogen) atoms. The molecule has 0 aliphatic carbocycles. The highest BCUT2D eigenvalue weighted by Gasteiger charge is 2.18. The third-order valence-electron chi connectivity index (χ3n) is 2.38. The molecule has 2 aromatic rings. The van der Waals surface area contributed by atoms with Crippen LogP contribution in [0.3, 0.4) is 0 Å². The highest BCUT2D eigenvalue weighted by Crippen LogP contribution is 2.30. The van der Waals surface area contributed by atoms with Gasteiger partial charge in [-0.1, -0.05) is 27.5 Å². The number of phenols is 1. The van der Waals surface area contributed by atoms with Crippen LogP contribution in [-0.2, 0) is 10.0 Å². The van der Waals surface area contributed by atoms with Crippen molar-refractivity contribution in [3.63, 3.8) is 0 Å². The van der Waals surface area contributed by atoms with Crippen LogP contribution in [0.4, 0.5) is 5.69 Å². The van der Waals surface area contributed by atoms with Crippen molar-refractivity contribution in [1.82, 2.24) is 0 Å². The lowest BCUT2D eigenvalue weighted by Crippen LogP contribution is -2.13. The molecular formula is C12H8Br2ClNO3S. The molecule has 0 unspecified atom stereocenters. The molecule has 0 fully saturated rings. The molecule has 0 amide bonds. The summed E-state index contributed by atoms with van der Waals surface area (Å²) >= 11 is 12.1. The number of hydrogen-bond acceptors (Lipinski definition) is 3. The topological polar surface area (TPSA) is 66.4 Å². The van der Waals surface area contributed by atoms with Gasteiger partial charge in [-0.15, -0.1) is 0 Å². The second-order valence-corrected chi connectivity index (χ2v) is 7.67. The Hall–Kier alpha value is -0.760. The van der Waals surface area contributed by atoms with Crippen molar-refractivity contribution in [1.29, 1.82) is 0 Å². The quantitative estimate of drug-likeness (QED) is 0.743. The summed E-state index contributed by atoms with van der Waals surface area (Å²) in [6.07, 6.45) is 0. The van der Waals surface area contributed by atoms with Gasteiger partial charge in [-0.3, -0.25) is 4.72 Å². The average molecular weight is 442 g/mol. The Morgan fingerprint density at radius 1 is 1.10 bits per heavy atom. The van der Waals surface area contributed by atoms with Crippen LogP contribution in [0.2, 0.25) is 5.02 Å². The molecule has 106 valence electrons. The Morgan fingerprint density at radius 2 is 1.80 bits per heavy atom. The first-order valence-corrected chi connectivity index (χ1v) is 8.71. The van der Waals surface area contributed by atoms with Gasteiger partial charge in [-0.25, -0.2) is 8.42 Å². The van der Waals surface area contributed by atoms with E-state index in [1.165, 1.54) is 24.3 Å². The lowest BCUT2D eigenvalue weighted by Gasteiger charge is -2.10. The molecule has 0 radical (unpaired) electrons. The van der Waals surface area contributed by atoms with Crippen LogP contribution in [-0.4, -0.2) is 13.5 Å². The van der Waals surface area contributed by atoms with Gasteiger partial charge >= 0.3 is 0 Å². The zero-order valence-corrected chi connectivity index (χ0v) is 14.5. The molecule has 0 saturated carbocycles. The summed E-state index contributed by atoms with van der Waals surface area (Å²) in [5, 5.41) is 9.63. The van der Waals surface area contributed by atoms with Crippen molar-refractivity contribution in [3.05, 3.63) is 50.4 Å². The number of rotatable bonds is 3. The van der Waals surface area contributed by atoms with Gasteiger partial charge in [0.2, 0.25) is 0 Å². The van der Waals surface area contributed by atoms with Gasteiger partial charge < -0.3 is 5.11 Å². The maximum absolute atomic E-state index is 12.3. The van der Waals surface area contributed by atoms with E-state index in [-0.39, 0.29) is 21.4 Å². The van der Waals surface area contributed by atoms with E-state index < -0.39 is 10.0 Å². The minimum Gasteiger partial charge on any atom is -0.506 e. The number of anilines is 1. The molecule has 0 spiro atoms. The van der Waals surface area contributed by atoms with Crippen LogP contribution in [0.25, 0.3) is 0 Å². The fraction of sp³-hybridized carbons (Fsp3) is 0. The molecule has 0 aliphatic rings. The van der Waals surface area contributed by atoms with Gasteiger partial charge in [0.1, 0.15) is 10.6 Å². The third-order valence-corrected chi connectivity index (χ3v) is 5.57. The predicted octanol–water partition coefficient (Wildman–Crippen LogP) is 4.37. The van der Waals surface area contributed by atoms with Gasteiger partial charge in [0.15, 0.2) is 0 Å². The number of halogens is 3. The first kappa shape index (κ1) is 15.6. The first-order valence-electron chi connectivity index (χ1n) is 5.26. The van der Waals surface area contributed by atoms with Crippen LogP contribution in [0.15, 0.2) is 50.2 Å². The summed E-state index contributed by atoms with van der Waals surface area (Å²) in [4.78, 5) is 0.0846. The van der Waals surface area contributed by atoms with E-state index >= 15 is 0 Å². The summed E-state index contributed by atoms with van der Waals surface area (Å²) < 4.78 is 28.0. The number of sulfonamides is 1. The smallest absolute Gasteiger partial charge is 0.263 e. The fourth-order valence-corrected chi connectivity index (χ4v) is 4.14. The van der Waals surface area contributed by atoms with Crippen LogP contribution in [0, 0.1) is 0 Å². The second-order valence-electron chi connectivity index (χ2n) is 3.85. The fourth-order valence-electron chi connectivity index (χ4n) is 1.47. The predicted molar refractivity (Wildman–Crippen MR) is 85.8 cm³/mol. The van der Waals surface area contributed by atoms with Crippen molar-refractivity contribution >= 4 is 59.2 Å². The van der Waals surface area contributed by atoms with Crippen LogP contribution >= 0.6 is 43.5 Å². The summed E-state index contributed by atoms with van der Waals surface area (Å²) in [5.74, 6) is -0.194. The van der Waals surface area contributed by atoms with Gasteiger partial charge in [0, 0.05) is 15.0 Å². The lowest BCUT2D eigenvalue weighted by molar-refractivity contribution is 0.476. The summed E-state index contributed by atoms with van der Waals surface area (Å²) in [7, 11) is -3.78. The molecule has 0 aliphatic heterocycles. The zero-order chi connectivity index (χ0) is 14.9. The Balaban J connectivity index is 2.40. The van der Waals surface area contributed by atoms with Crippen molar-refractivity contribution in [2.24, 2.45) is 0 Å². The van der Waals surface area contributed by atoms with Gasteiger partial charge in [0.05, 0.1) is 10.7 Å². The van der Waals surface area contributed by atoms with E-state index in [2.05, 4.69) is 36.6 Å². The standard InChI is InChI=1S/C12H8Br2ClNO3S/c13-7-1-3-9(14)12(5-7)20(18,19)16-8-2-4-10(15)11(17)6-8/h1-6,16-17H. The van der Waals surface area contributed by atoms with Crippen molar-refractivity contribution < 1.29 is 13.5 Å². The highest BCUT2D eigenvalue weighted by atomic mass is 79.9. The molecule has 4 nitrogen and oxygen atoms in total. The van der Waals surface area contributed by atoms with Gasteiger partial charge in [-0.05, 0) is 46.3 Å². The van der Waals surface area contributed by atoms with Crippen molar-refractivity contribution in [2.75, 3.05) is 4.72 Å². The van der Waals surface area contributed by atoms with Gasteiger partial charge in [-0.2, -0.15) is 0 Å². The van der Waals surface area contributed by atoms with E-state index in [0.717, 1.165) is 0 Å². The van der Waals surface area contributed by atoms with Crippen LogP contribution in [0.5, 0.6) is 5.75 Å². The minimum absolute atomic E-state index is 0.0846.